The van der Waals surface area contributed by atoms with Crippen LogP contribution in [0.25, 0.3) is 11.6 Å². The summed E-state index contributed by atoms with van der Waals surface area (Å²) in [5.41, 5.74) is 0.319. The standard InChI is InChI=1S/C17H12F3NO/c1-22-16-7-5-12(6-8-16)9-14(11-21)13-3-2-4-15(10-13)17(18,19)20/h2-10H,1H3. The first-order valence-corrected chi connectivity index (χ1v) is 6.37. The predicted octanol–water partition coefficient (Wildman–Crippen LogP) is 4.78. The summed E-state index contributed by atoms with van der Waals surface area (Å²) in [5.74, 6) is 0.662. The van der Waals surface area contributed by atoms with Crippen molar-refractivity contribution >= 4 is 11.6 Å². The van der Waals surface area contributed by atoms with Gasteiger partial charge in [0.05, 0.1) is 24.3 Å². The number of hydrogen-bond donors (Lipinski definition) is 0. The van der Waals surface area contributed by atoms with E-state index in [1.807, 2.05) is 6.07 Å². The highest BCUT2D eigenvalue weighted by molar-refractivity contribution is 5.89. The Hall–Kier alpha value is -2.74. The van der Waals surface area contributed by atoms with Gasteiger partial charge in [-0.2, -0.15) is 18.4 Å². The molecule has 0 unspecified atom stereocenters. The molecule has 0 aliphatic carbocycles. The van der Waals surface area contributed by atoms with Gasteiger partial charge in [0.2, 0.25) is 0 Å². The quantitative estimate of drug-likeness (QED) is 0.604. The molecule has 2 aromatic carbocycles. The van der Waals surface area contributed by atoms with Crippen molar-refractivity contribution in [2.75, 3.05) is 7.11 Å². The second-order valence-electron chi connectivity index (χ2n) is 4.52. The highest BCUT2D eigenvalue weighted by Crippen LogP contribution is 2.31. The Morgan fingerprint density at radius 2 is 1.82 bits per heavy atom. The van der Waals surface area contributed by atoms with Gasteiger partial charge in [-0.15, -0.1) is 0 Å². The number of hydrogen-bond acceptors (Lipinski definition) is 2. The highest BCUT2D eigenvalue weighted by Gasteiger charge is 2.30. The molecule has 0 heterocycles. The molecule has 0 aromatic heterocycles. The number of benzene rings is 2. The Labute approximate surface area is 126 Å². The average Bonchev–Trinajstić information content (AvgIpc) is 2.52. The van der Waals surface area contributed by atoms with Gasteiger partial charge in [-0.05, 0) is 41.5 Å². The zero-order chi connectivity index (χ0) is 16.2. The summed E-state index contributed by atoms with van der Waals surface area (Å²) in [5, 5.41) is 9.21. The maximum atomic E-state index is 12.7. The molecule has 0 bridgehead atoms. The molecule has 0 N–H and O–H groups in total. The summed E-state index contributed by atoms with van der Waals surface area (Å²) < 4.78 is 43.2. The number of alkyl halides is 3. The van der Waals surface area contributed by atoms with Gasteiger partial charge >= 0.3 is 6.18 Å². The number of methoxy groups -OCH3 is 1. The zero-order valence-electron chi connectivity index (χ0n) is 11.7. The third kappa shape index (κ3) is 3.67. The number of allylic oxidation sites excluding steroid dienone is 1. The topological polar surface area (TPSA) is 33.0 Å². The molecule has 2 rings (SSSR count). The van der Waals surface area contributed by atoms with Crippen LogP contribution in [0.4, 0.5) is 13.2 Å². The zero-order valence-corrected chi connectivity index (χ0v) is 11.7. The van der Waals surface area contributed by atoms with Crippen LogP contribution in [0.3, 0.4) is 0 Å². The van der Waals surface area contributed by atoms with E-state index in [4.69, 9.17) is 4.74 Å². The molecule has 0 saturated heterocycles. The number of nitriles is 1. The molecule has 22 heavy (non-hydrogen) atoms. The smallest absolute Gasteiger partial charge is 0.416 e. The molecule has 0 aliphatic rings. The van der Waals surface area contributed by atoms with Crippen molar-refractivity contribution in [3.05, 3.63) is 65.2 Å². The van der Waals surface area contributed by atoms with E-state index in [-0.39, 0.29) is 11.1 Å². The SMILES string of the molecule is COc1ccc(C=C(C#N)c2cccc(C(F)(F)F)c2)cc1. The summed E-state index contributed by atoms with van der Waals surface area (Å²) in [6, 6.07) is 13.5. The van der Waals surface area contributed by atoms with Crippen LogP contribution in [0, 0.1) is 11.3 Å². The summed E-state index contributed by atoms with van der Waals surface area (Å²) in [4.78, 5) is 0. The Morgan fingerprint density at radius 1 is 1.14 bits per heavy atom. The summed E-state index contributed by atoms with van der Waals surface area (Å²) >= 11 is 0. The molecule has 0 aliphatic heterocycles. The van der Waals surface area contributed by atoms with E-state index in [0.29, 0.717) is 11.3 Å². The van der Waals surface area contributed by atoms with Crippen molar-refractivity contribution in [1.29, 1.82) is 5.26 Å². The van der Waals surface area contributed by atoms with E-state index >= 15 is 0 Å². The van der Waals surface area contributed by atoms with Crippen LogP contribution >= 0.6 is 0 Å². The summed E-state index contributed by atoms with van der Waals surface area (Å²) in [7, 11) is 1.54. The molecule has 0 saturated carbocycles. The van der Waals surface area contributed by atoms with Crippen LogP contribution in [0.5, 0.6) is 5.75 Å². The van der Waals surface area contributed by atoms with Crippen LogP contribution in [0.2, 0.25) is 0 Å². The van der Waals surface area contributed by atoms with E-state index < -0.39 is 11.7 Å². The van der Waals surface area contributed by atoms with Gasteiger partial charge in [-0.25, -0.2) is 0 Å². The van der Waals surface area contributed by atoms with E-state index in [9.17, 15) is 18.4 Å². The van der Waals surface area contributed by atoms with E-state index in [2.05, 4.69) is 0 Å². The fraction of sp³-hybridized carbons (Fsp3) is 0.118. The molecule has 0 spiro atoms. The van der Waals surface area contributed by atoms with Crippen LogP contribution in [0.15, 0.2) is 48.5 Å². The lowest BCUT2D eigenvalue weighted by Crippen LogP contribution is -2.04. The lowest BCUT2D eigenvalue weighted by molar-refractivity contribution is -0.137. The van der Waals surface area contributed by atoms with Gasteiger partial charge in [-0.1, -0.05) is 24.3 Å². The van der Waals surface area contributed by atoms with Gasteiger partial charge < -0.3 is 4.74 Å². The molecule has 112 valence electrons. The van der Waals surface area contributed by atoms with Crippen LogP contribution in [-0.4, -0.2) is 7.11 Å². The van der Waals surface area contributed by atoms with Crippen molar-refractivity contribution in [3.8, 4) is 11.8 Å². The number of ether oxygens (including phenoxy) is 1. The fourth-order valence-corrected chi connectivity index (χ4v) is 1.91. The summed E-state index contributed by atoms with van der Waals surface area (Å²) in [6.07, 6.45) is -2.90. The van der Waals surface area contributed by atoms with E-state index in [0.717, 1.165) is 12.1 Å². The van der Waals surface area contributed by atoms with E-state index in [1.165, 1.54) is 25.3 Å². The van der Waals surface area contributed by atoms with Gasteiger partial charge in [-0.3, -0.25) is 0 Å². The molecule has 2 nitrogen and oxygen atoms in total. The lowest BCUT2D eigenvalue weighted by atomic mass is 10.0. The molecular formula is C17H12F3NO. The van der Waals surface area contributed by atoms with Crippen molar-refractivity contribution < 1.29 is 17.9 Å². The molecule has 0 fully saturated rings. The van der Waals surface area contributed by atoms with Crippen molar-refractivity contribution in [3.63, 3.8) is 0 Å². The molecule has 0 atom stereocenters. The minimum absolute atomic E-state index is 0.163. The molecule has 0 radical (unpaired) electrons. The van der Waals surface area contributed by atoms with Crippen molar-refractivity contribution in [1.82, 2.24) is 0 Å². The molecule has 0 amide bonds. The summed E-state index contributed by atoms with van der Waals surface area (Å²) in [6.45, 7) is 0. The van der Waals surface area contributed by atoms with Crippen LogP contribution < -0.4 is 4.74 Å². The van der Waals surface area contributed by atoms with Crippen LogP contribution in [0.1, 0.15) is 16.7 Å². The normalized spacial score (nSPS) is 11.9. The van der Waals surface area contributed by atoms with Crippen LogP contribution in [-0.2, 0) is 6.18 Å². The van der Waals surface area contributed by atoms with E-state index in [1.54, 1.807) is 24.3 Å². The maximum absolute atomic E-state index is 12.7. The molecular weight excluding hydrogens is 291 g/mol. The van der Waals surface area contributed by atoms with Crippen molar-refractivity contribution in [2.24, 2.45) is 0 Å². The van der Waals surface area contributed by atoms with Gasteiger partial charge in [0.15, 0.2) is 0 Å². The second-order valence-corrected chi connectivity index (χ2v) is 4.52. The first-order valence-electron chi connectivity index (χ1n) is 6.37. The first kappa shape index (κ1) is 15.6. The third-order valence-electron chi connectivity index (χ3n) is 3.05. The lowest BCUT2D eigenvalue weighted by Gasteiger charge is -2.08. The number of halogens is 3. The largest absolute Gasteiger partial charge is 0.497 e. The molecule has 2 aromatic rings. The molecule has 5 heteroatoms. The Balaban J connectivity index is 2.39. The maximum Gasteiger partial charge on any atom is 0.416 e. The minimum atomic E-state index is -4.43. The average molecular weight is 303 g/mol. The highest BCUT2D eigenvalue weighted by atomic mass is 19.4. The second kappa shape index (κ2) is 6.35. The predicted molar refractivity (Wildman–Crippen MR) is 77.9 cm³/mol. The monoisotopic (exact) mass is 303 g/mol. The van der Waals surface area contributed by atoms with Crippen molar-refractivity contribution in [2.45, 2.75) is 6.18 Å². The fourth-order valence-electron chi connectivity index (χ4n) is 1.91. The Kier molecular flexibility index (Phi) is 4.52. The minimum Gasteiger partial charge on any atom is -0.497 e. The first-order chi connectivity index (χ1) is 10.4. The Morgan fingerprint density at radius 3 is 2.36 bits per heavy atom. The van der Waals surface area contributed by atoms with Gasteiger partial charge in [0, 0.05) is 0 Å². The van der Waals surface area contributed by atoms with Gasteiger partial charge in [0.1, 0.15) is 5.75 Å². The Bertz CT molecular complexity index is 725. The number of nitrogens with zero attached hydrogens (tertiary/aromatic N) is 1. The van der Waals surface area contributed by atoms with Gasteiger partial charge in [0.25, 0.3) is 0 Å². The third-order valence-corrected chi connectivity index (χ3v) is 3.05. The number of rotatable bonds is 3.